The van der Waals surface area contributed by atoms with E-state index in [0.717, 1.165) is 5.56 Å². The molecule has 3 nitrogen and oxygen atoms in total. The number of carbonyl (C=O) groups excluding carboxylic acids is 1. The summed E-state index contributed by atoms with van der Waals surface area (Å²) in [5, 5.41) is 0. The molecule has 0 aliphatic heterocycles. The first-order chi connectivity index (χ1) is 7.24. The molecular formula is C11H13BrO3. The Hall–Kier alpha value is -0.870. The van der Waals surface area contributed by atoms with E-state index in [2.05, 4.69) is 20.7 Å². The minimum atomic E-state index is -0.397. The Labute approximate surface area is 97.5 Å². The number of esters is 1. The molecule has 1 aromatic rings. The zero-order chi connectivity index (χ0) is 11.1. The van der Waals surface area contributed by atoms with Crippen LogP contribution in [0.3, 0.4) is 0 Å². The second-order valence-electron chi connectivity index (χ2n) is 2.99. The second-order valence-corrected chi connectivity index (χ2v) is 4.10. The van der Waals surface area contributed by atoms with Crippen LogP contribution in [0.5, 0.6) is 0 Å². The smallest absolute Gasteiger partial charge is 0.321 e. The van der Waals surface area contributed by atoms with Crippen LogP contribution in [0.15, 0.2) is 30.3 Å². The van der Waals surface area contributed by atoms with Crippen molar-refractivity contribution >= 4 is 21.9 Å². The SMILES string of the molecule is COC(=O)[C@@H](Br)COCc1ccccc1. The lowest BCUT2D eigenvalue weighted by atomic mass is 10.2. The van der Waals surface area contributed by atoms with Gasteiger partial charge in [0.2, 0.25) is 0 Å². The summed E-state index contributed by atoms with van der Waals surface area (Å²) in [6.45, 7) is 0.807. The third kappa shape index (κ3) is 4.44. The van der Waals surface area contributed by atoms with Crippen molar-refractivity contribution in [2.24, 2.45) is 0 Å². The van der Waals surface area contributed by atoms with Gasteiger partial charge in [-0.15, -0.1) is 0 Å². The molecule has 0 bridgehead atoms. The van der Waals surface area contributed by atoms with Gasteiger partial charge >= 0.3 is 5.97 Å². The summed E-state index contributed by atoms with van der Waals surface area (Å²) in [7, 11) is 1.35. The molecule has 0 fully saturated rings. The van der Waals surface area contributed by atoms with E-state index in [1.807, 2.05) is 30.3 Å². The van der Waals surface area contributed by atoms with Crippen molar-refractivity contribution in [1.82, 2.24) is 0 Å². The number of carbonyl (C=O) groups is 1. The summed E-state index contributed by atoms with van der Waals surface area (Å²) in [4.78, 5) is 10.6. The van der Waals surface area contributed by atoms with Gasteiger partial charge < -0.3 is 9.47 Å². The van der Waals surface area contributed by atoms with Gasteiger partial charge in [0.15, 0.2) is 0 Å². The van der Waals surface area contributed by atoms with Crippen LogP contribution >= 0.6 is 15.9 Å². The molecule has 0 aromatic heterocycles. The molecule has 1 rings (SSSR count). The molecule has 15 heavy (non-hydrogen) atoms. The first-order valence-electron chi connectivity index (χ1n) is 4.57. The van der Waals surface area contributed by atoms with Crippen molar-refractivity contribution in [3.63, 3.8) is 0 Å². The lowest BCUT2D eigenvalue weighted by Crippen LogP contribution is -2.21. The Bertz CT molecular complexity index is 300. The average molecular weight is 273 g/mol. The van der Waals surface area contributed by atoms with Crippen molar-refractivity contribution in [2.75, 3.05) is 13.7 Å². The third-order valence-electron chi connectivity index (χ3n) is 1.83. The van der Waals surface area contributed by atoms with Crippen LogP contribution in [0.1, 0.15) is 5.56 Å². The van der Waals surface area contributed by atoms with E-state index >= 15 is 0 Å². The van der Waals surface area contributed by atoms with Crippen molar-refractivity contribution < 1.29 is 14.3 Å². The molecule has 0 saturated carbocycles. The second kappa shape index (κ2) is 6.58. The summed E-state index contributed by atoms with van der Waals surface area (Å²) in [6.07, 6.45) is 0. The van der Waals surface area contributed by atoms with Gasteiger partial charge in [0, 0.05) is 0 Å². The number of ether oxygens (including phenoxy) is 2. The van der Waals surface area contributed by atoms with Crippen molar-refractivity contribution in [2.45, 2.75) is 11.4 Å². The number of hydrogen-bond acceptors (Lipinski definition) is 3. The first kappa shape index (κ1) is 12.2. The fraction of sp³-hybridized carbons (Fsp3) is 0.364. The molecule has 0 saturated heterocycles. The predicted octanol–water partition coefficient (Wildman–Crippen LogP) is 2.14. The number of benzene rings is 1. The topological polar surface area (TPSA) is 35.5 Å². The molecule has 0 aliphatic rings. The van der Waals surface area contributed by atoms with E-state index in [0.29, 0.717) is 13.2 Å². The number of halogens is 1. The highest BCUT2D eigenvalue weighted by molar-refractivity contribution is 9.10. The monoisotopic (exact) mass is 272 g/mol. The third-order valence-corrected chi connectivity index (χ3v) is 2.47. The van der Waals surface area contributed by atoms with Crippen LogP contribution in [0.4, 0.5) is 0 Å². The molecule has 0 radical (unpaired) electrons. The minimum Gasteiger partial charge on any atom is -0.468 e. The first-order valence-corrected chi connectivity index (χ1v) is 5.49. The molecule has 0 unspecified atom stereocenters. The minimum absolute atomic E-state index is 0.307. The summed E-state index contributed by atoms with van der Waals surface area (Å²) in [5.41, 5.74) is 1.09. The molecule has 0 N–H and O–H groups in total. The standard InChI is InChI=1S/C11H13BrO3/c1-14-11(13)10(12)8-15-7-9-5-3-2-4-6-9/h2-6,10H,7-8H2,1H3/t10-/m0/s1. The predicted molar refractivity (Wildman–Crippen MR) is 60.8 cm³/mol. The number of rotatable bonds is 5. The van der Waals surface area contributed by atoms with Gasteiger partial charge in [-0.05, 0) is 5.56 Å². The highest BCUT2D eigenvalue weighted by Crippen LogP contribution is 2.05. The van der Waals surface area contributed by atoms with E-state index in [1.165, 1.54) is 7.11 Å². The zero-order valence-corrected chi connectivity index (χ0v) is 10.1. The highest BCUT2D eigenvalue weighted by Gasteiger charge is 2.14. The van der Waals surface area contributed by atoms with Gasteiger partial charge in [-0.3, -0.25) is 4.79 Å². The van der Waals surface area contributed by atoms with Gasteiger partial charge in [-0.2, -0.15) is 0 Å². The van der Waals surface area contributed by atoms with E-state index in [1.54, 1.807) is 0 Å². The van der Waals surface area contributed by atoms with Crippen molar-refractivity contribution in [3.8, 4) is 0 Å². The maximum atomic E-state index is 11.0. The fourth-order valence-corrected chi connectivity index (χ4v) is 1.42. The summed E-state index contributed by atoms with van der Waals surface area (Å²) < 4.78 is 9.91. The average Bonchev–Trinajstić information content (AvgIpc) is 2.29. The van der Waals surface area contributed by atoms with Crippen LogP contribution in [-0.2, 0) is 20.9 Å². The number of alkyl halides is 1. The molecule has 82 valence electrons. The van der Waals surface area contributed by atoms with Gasteiger partial charge in [0.1, 0.15) is 4.83 Å². The molecule has 1 aromatic carbocycles. The summed E-state index contributed by atoms with van der Waals surface area (Å²) >= 11 is 3.18. The van der Waals surface area contributed by atoms with Crippen molar-refractivity contribution in [1.29, 1.82) is 0 Å². The Morgan fingerprint density at radius 2 is 2.07 bits per heavy atom. The van der Waals surface area contributed by atoms with Gasteiger partial charge in [-0.1, -0.05) is 46.3 Å². The van der Waals surface area contributed by atoms with E-state index in [9.17, 15) is 4.79 Å². The molecule has 0 amide bonds. The van der Waals surface area contributed by atoms with E-state index in [-0.39, 0.29) is 5.97 Å². The van der Waals surface area contributed by atoms with Crippen molar-refractivity contribution in [3.05, 3.63) is 35.9 Å². The lowest BCUT2D eigenvalue weighted by Gasteiger charge is -2.08. The maximum Gasteiger partial charge on any atom is 0.321 e. The normalized spacial score (nSPS) is 12.1. The molecular weight excluding hydrogens is 260 g/mol. The highest BCUT2D eigenvalue weighted by atomic mass is 79.9. The molecule has 0 aliphatic carbocycles. The Morgan fingerprint density at radius 3 is 2.67 bits per heavy atom. The van der Waals surface area contributed by atoms with E-state index in [4.69, 9.17) is 4.74 Å². The van der Waals surface area contributed by atoms with Crippen LogP contribution in [0, 0.1) is 0 Å². The molecule has 1 atom stereocenters. The quantitative estimate of drug-likeness (QED) is 0.609. The summed E-state index contributed by atoms with van der Waals surface area (Å²) in [6, 6.07) is 9.79. The Morgan fingerprint density at radius 1 is 1.40 bits per heavy atom. The maximum absolute atomic E-state index is 11.0. The van der Waals surface area contributed by atoms with Gasteiger partial charge in [-0.25, -0.2) is 0 Å². The Kier molecular flexibility index (Phi) is 5.36. The van der Waals surface area contributed by atoms with Crippen LogP contribution in [-0.4, -0.2) is 24.5 Å². The van der Waals surface area contributed by atoms with Crippen LogP contribution < -0.4 is 0 Å². The van der Waals surface area contributed by atoms with Crippen LogP contribution in [0.2, 0.25) is 0 Å². The van der Waals surface area contributed by atoms with Crippen LogP contribution in [0.25, 0.3) is 0 Å². The Balaban J connectivity index is 2.25. The fourth-order valence-electron chi connectivity index (χ4n) is 1.05. The zero-order valence-electron chi connectivity index (χ0n) is 8.48. The molecule has 0 spiro atoms. The number of hydrogen-bond donors (Lipinski definition) is 0. The lowest BCUT2D eigenvalue weighted by molar-refractivity contribution is -0.141. The molecule has 4 heteroatoms. The largest absolute Gasteiger partial charge is 0.468 e. The summed E-state index contributed by atoms with van der Waals surface area (Å²) in [5.74, 6) is -0.317. The molecule has 0 heterocycles. The van der Waals surface area contributed by atoms with E-state index < -0.39 is 4.83 Å². The van der Waals surface area contributed by atoms with Gasteiger partial charge in [0.05, 0.1) is 20.3 Å². The van der Waals surface area contributed by atoms with Gasteiger partial charge in [0.25, 0.3) is 0 Å². The number of methoxy groups -OCH3 is 1.